The van der Waals surface area contributed by atoms with Crippen LogP contribution in [0.4, 0.5) is 4.39 Å². The number of hydrogen-bond donors (Lipinski definition) is 0. The van der Waals surface area contributed by atoms with Crippen molar-refractivity contribution >= 4 is 11.8 Å². The molecule has 0 radical (unpaired) electrons. The number of carbonyl (C=O) groups excluding carboxylic acids is 2. The van der Waals surface area contributed by atoms with Crippen LogP contribution in [-0.4, -0.2) is 61.0 Å². The first-order valence-corrected chi connectivity index (χ1v) is 9.46. The topological polar surface area (TPSA) is 49.9 Å². The Morgan fingerprint density at radius 2 is 1.86 bits per heavy atom. The maximum atomic E-state index is 13.3. The molecule has 2 aromatic carbocycles. The molecule has 0 saturated carbocycles. The predicted molar refractivity (Wildman–Crippen MR) is 105 cm³/mol. The minimum absolute atomic E-state index is 0.0461. The van der Waals surface area contributed by atoms with Gasteiger partial charge in [-0.3, -0.25) is 9.59 Å². The van der Waals surface area contributed by atoms with Crippen LogP contribution in [0.2, 0.25) is 0 Å². The van der Waals surface area contributed by atoms with Crippen LogP contribution >= 0.6 is 0 Å². The van der Waals surface area contributed by atoms with Gasteiger partial charge in [0.1, 0.15) is 18.5 Å². The van der Waals surface area contributed by atoms with Crippen molar-refractivity contribution in [1.82, 2.24) is 9.80 Å². The Labute approximate surface area is 164 Å². The van der Waals surface area contributed by atoms with E-state index in [-0.39, 0.29) is 24.2 Å². The smallest absolute Gasteiger partial charge is 0.249 e. The number of rotatable bonds is 6. The zero-order chi connectivity index (χ0) is 20.1. The molecular weight excluding hydrogens is 359 g/mol. The van der Waals surface area contributed by atoms with E-state index in [1.54, 1.807) is 21.9 Å². The van der Waals surface area contributed by atoms with Crippen molar-refractivity contribution in [2.24, 2.45) is 0 Å². The van der Waals surface area contributed by atoms with Gasteiger partial charge in [0, 0.05) is 33.2 Å². The highest BCUT2D eigenvalue weighted by atomic mass is 19.1. The molecule has 1 saturated heterocycles. The summed E-state index contributed by atoms with van der Waals surface area (Å²) in [4.78, 5) is 28.9. The lowest BCUT2D eigenvalue weighted by atomic mass is 9.93. The quantitative estimate of drug-likeness (QED) is 0.770. The number of amides is 2. The number of ether oxygens (including phenoxy) is 1. The first kappa shape index (κ1) is 20.0. The van der Waals surface area contributed by atoms with Gasteiger partial charge in [0.2, 0.25) is 11.8 Å². The third-order valence-corrected chi connectivity index (χ3v) is 5.14. The number of hydrogen-bond acceptors (Lipinski definition) is 3. The fourth-order valence-corrected chi connectivity index (χ4v) is 3.67. The highest BCUT2D eigenvalue weighted by Crippen LogP contribution is 2.27. The second-order valence-corrected chi connectivity index (χ2v) is 6.82. The summed E-state index contributed by atoms with van der Waals surface area (Å²) in [7, 11) is 1.47. The summed E-state index contributed by atoms with van der Waals surface area (Å²) in [5.41, 5.74) is 2.76. The van der Waals surface area contributed by atoms with E-state index in [2.05, 4.69) is 0 Å². The maximum absolute atomic E-state index is 13.3. The largest absolute Gasteiger partial charge is 0.375 e. The number of carbonyl (C=O) groups is 2. The standard InChI is InChI=1S/C22H25FN2O3/c1-3-24-12-13-25(21(26)15-28-2)20(22(24)27)14-17-6-4-5-7-19(17)16-8-10-18(23)11-9-16/h4-11,20H,3,12-15H2,1-2H3. The minimum atomic E-state index is -0.571. The molecule has 1 atom stereocenters. The molecule has 3 rings (SSSR count). The van der Waals surface area contributed by atoms with Crippen molar-refractivity contribution in [3.05, 3.63) is 59.9 Å². The first-order chi connectivity index (χ1) is 13.5. The van der Waals surface area contributed by atoms with E-state index in [0.29, 0.717) is 26.1 Å². The van der Waals surface area contributed by atoms with E-state index in [1.165, 1.54) is 19.2 Å². The summed E-state index contributed by atoms with van der Waals surface area (Å²) in [5, 5.41) is 0. The van der Waals surface area contributed by atoms with Crippen molar-refractivity contribution in [1.29, 1.82) is 0 Å². The van der Waals surface area contributed by atoms with Gasteiger partial charge in [-0.25, -0.2) is 4.39 Å². The van der Waals surface area contributed by atoms with Crippen molar-refractivity contribution in [3.63, 3.8) is 0 Å². The number of nitrogens with zero attached hydrogens (tertiary/aromatic N) is 2. The molecule has 1 aliphatic rings. The monoisotopic (exact) mass is 384 g/mol. The summed E-state index contributed by atoms with van der Waals surface area (Å²) in [6.45, 7) is 3.52. The molecule has 0 aromatic heterocycles. The molecule has 2 amide bonds. The van der Waals surface area contributed by atoms with E-state index in [4.69, 9.17) is 4.74 Å². The van der Waals surface area contributed by atoms with Crippen LogP contribution in [0.15, 0.2) is 48.5 Å². The molecule has 1 aliphatic heterocycles. The molecule has 6 heteroatoms. The second-order valence-electron chi connectivity index (χ2n) is 6.82. The van der Waals surface area contributed by atoms with E-state index in [0.717, 1.165) is 16.7 Å². The average molecular weight is 384 g/mol. The SMILES string of the molecule is CCN1CCN(C(=O)COC)C(Cc2ccccc2-c2ccc(F)cc2)C1=O. The number of benzene rings is 2. The summed E-state index contributed by atoms with van der Waals surface area (Å²) >= 11 is 0. The van der Waals surface area contributed by atoms with Crippen molar-refractivity contribution < 1.29 is 18.7 Å². The van der Waals surface area contributed by atoms with Crippen LogP contribution in [0.25, 0.3) is 11.1 Å². The fraction of sp³-hybridized carbons (Fsp3) is 0.364. The molecule has 1 unspecified atom stereocenters. The molecule has 0 aliphatic carbocycles. The Hall–Kier alpha value is -2.73. The maximum Gasteiger partial charge on any atom is 0.249 e. The number of likely N-dealkylation sites (N-methyl/N-ethyl adjacent to an activating group) is 1. The number of piperazine rings is 1. The third-order valence-electron chi connectivity index (χ3n) is 5.14. The lowest BCUT2D eigenvalue weighted by Gasteiger charge is -2.40. The summed E-state index contributed by atoms with van der Waals surface area (Å²) < 4.78 is 18.3. The van der Waals surface area contributed by atoms with Gasteiger partial charge in [0.15, 0.2) is 0 Å². The van der Waals surface area contributed by atoms with E-state index in [1.807, 2.05) is 31.2 Å². The average Bonchev–Trinajstić information content (AvgIpc) is 2.70. The van der Waals surface area contributed by atoms with Crippen molar-refractivity contribution in [2.75, 3.05) is 33.4 Å². The van der Waals surface area contributed by atoms with Gasteiger partial charge < -0.3 is 14.5 Å². The van der Waals surface area contributed by atoms with Gasteiger partial charge in [-0.05, 0) is 35.7 Å². The number of methoxy groups -OCH3 is 1. The molecule has 148 valence electrons. The highest BCUT2D eigenvalue weighted by molar-refractivity contribution is 5.90. The van der Waals surface area contributed by atoms with Crippen molar-refractivity contribution in [2.45, 2.75) is 19.4 Å². The van der Waals surface area contributed by atoms with Crippen LogP contribution in [0.5, 0.6) is 0 Å². The molecule has 1 fully saturated rings. The van der Waals surface area contributed by atoms with Crippen LogP contribution in [0, 0.1) is 5.82 Å². The van der Waals surface area contributed by atoms with Crippen molar-refractivity contribution in [3.8, 4) is 11.1 Å². The van der Waals surface area contributed by atoms with Gasteiger partial charge in [-0.2, -0.15) is 0 Å². The Balaban J connectivity index is 1.93. The van der Waals surface area contributed by atoms with Gasteiger partial charge in [-0.15, -0.1) is 0 Å². The number of halogens is 1. The Morgan fingerprint density at radius 1 is 1.14 bits per heavy atom. The molecule has 28 heavy (non-hydrogen) atoms. The summed E-state index contributed by atoms with van der Waals surface area (Å²) in [5.74, 6) is -0.526. The normalized spacial score (nSPS) is 17.1. The lowest BCUT2D eigenvalue weighted by molar-refractivity contribution is -0.153. The second kappa shape index (κ2) is 8.97. The van der Waals surface area contributed by atoms with Gasteiger partial charge >= 0.3 is 0 Å². The Bertz CT molecular complexity index is 838. The lowest BCUT2D eigenvalue weighted by Crippen LogP contribution is -2.60. The molecule has 5 nitrogen and oxygen atoms in total. The van der Waals surface area contributed by atoms with Gasteiger partial charge in [0.05, 0.1) is 0 Å². The van der Waals surface area contributed by atoms with Gasteiger partial charge in [-0.1, -0.05) is 36.4 Å². The molecule has 1 heterocycles. The molecule has 2 aromatic rings. The summed E-state index contributed by atoms with van der Waals surface area (Å²) in [6, 6.07) is 13.5. The Kier molecular flexibility index (Phi) is 6.41. The summed E-state index contributed by atoms with van der Waals surface area (Å²) in [6.07, 6.45) is 0.401. The van der Waals surface area contributed by atoms with Gasteiger partial charge in [0.25, 0.3) is 0 Å². The van der Waals surface area contributed by atoms with Crippen LogP contribution in [0.1, 0.15) is 12.5 Å². The zero-order valence-electron chi connectivity index (χ0n) is 16.2. The third kappa shape index (κ3) is 4.22. The van der Waals surface area contributed by atoms with E-state index >= 15 is 0 Å². The molecule has 0 bridgehead atoms. The molecular formula is C22H25FN2O3. The van der Waals surface area contributed by atoms with E-state index < -0.39 is 6.04 Å². The van der Waals surface area contributed by atoms with Crippen LogP contribution < -0.4 is 0 Å². The minimum Gasteiger partial charge on any atom is -0.375 e. The molecule has 0 spiro atoms. The molecule has 0 N–H and O–H groups in total. The predicted octanol–water partition coefficient (Wildman–Crippen LogP) is 2.74. The fourth-order valence-electron chi connectivity index (χ4n) is 3.67. The zero-order valence-corrected chi connectivity index (χ0v) is 16.2. The van der Waals surface area contributed by atoms with E-state index in [9.17, 15) is 14.0 Å². The highest BCUT2D eigenvalue weighted by Gasteiger charge is 2.37. The van der Waals surface area contributed by atoms with Crippen LogP contribution in [-0.2, 0) is 20.7 Å². The Morgan fingerprint density at radius 3 is 2.54 bits per heavy atom. The van der Waals surface area contributed by atoms with Crippen LogP contribution in [0.3, 0.4) is 0 Å². The first-order valence-electron chi connectivity index (χ1n) is 9.46.